The lowest BCUT2D eigenvalue weighted by Crippen LogP contribution is -2.19. The largest absolute Gasteiger partial charge is 0.489 e. The number of hydrogen-bond acceptors (Lipinski definition) is 7. The van der Waals surface area contributed by atoms with Gasteiger partial charge in [0.1, 0.15) is 22.5 Å². The van der Waals surface area contributed by atoms with E-state index in [-0.39, 0.29) is 22.4 Å². The Hall–Kier alpha value is -3.04. The Balaban J connectivity index is 1.46. The minimum Gasteiger partial charge on any atom is -0.489 e. The summed E-state index contributed by atoms with van der Waals surface area (Å²) in [5, 5.41) is 6.75. The number of ketones is 1. The van der Waals surface area contributed by atoms with Gasteiger partial charge < -0.3 is 21.1 Å². The number of anilines is 3. The highest BCUT2D eigenvalue weighted by Gasteiger charge is 2.20. The molecule has 1 aromatic heterocycles. The van der Waals surface area contributed by atoms with Crippen LogP contribution >= 0.6 is 11.3 Å². The molecular formula is C20H18F2N4O2S. The Kier molecular flexibility index (Phi) is 5.41. The lowest BCUT2D eigenvalue weighted by Gasteiger charge is -2.12. The molecule has 6 nitrogen and oxygen atoms in total. The van der Waals surface area contributed by atoms with Gasteiger partial charge in [0.25, 0.3) is 0 Å². The van der Waals surface area contributed by atoms with Crippen molar-refractivity contribution in [3.05, 3.63) is 64.5 Å². The Morgan fingerprint density at radius 3 is 2.69 bits per heavy atom. The van der Waals surface area contributed by atoms with E-state index in [0.29, 0.717) is 5.13 Å². The summed E-state index contributed by atoms with van der Waals surface area (Å²) >= 11 is 1.05. The van der Waals surface area contributed by atoms with Crippen LogP contribution in [-0.4, -0.2) is 30.0 Å². The van der Waals surface area contributed by atoms with Gasteiger partial charge in [0.15, 0.2) is 16.8 Å². The number of rotatable bonds is 6. The lowest BCUT2D eigenvalue weighted by molar-refractivity contribution is 0.104. The molecule has 9 heteroatoms. The molecule has 0 amide bonds. The third kappa shape index (κ3) is 4.36. The summed E-state index contributed by atoms with van der Waals surface area (Å²) in [6.07, 6.45) is 1.16. The number of halogens is 2. The van der Waals surface area contributed by atoms with E-state index < -0.39 is 17.4 Å². The minimum absolute atomic E-state index is 0.00806. The molecule has 1 unspecified atom stereocenters. The summed E-state index contributed by atoms with van der Waals surface area (Å²) < 4.78 is 32.4. The molecule has 2 heterocycles. The maximum atomic E-state index is 13.4. The molecule has 1 aliphatic rings. The molecule has 0 saturated carbocycles. The van der Waals surface area contributed by atoms with Crippen LogP contribution in [0.25, 0.3) is 0 Å². The Labute approximate surface area is 169 Å². The van der Waals surface area contributed by atoms with Crippen molar-refractivity contribution in [2.24, 2.45) is 0 Å². The zero-order chi connectivity index (χ0) is 20.4. The quantitative estimate of drug-likeness (QED) is 0.531. The normalized spacial score (nSPS) is 16.0. The number of hydrogen-bond donors (Lipinski definition) is 3. The maximum Gasteiger partial charge on any atom is 0.206 e. The van der Waals surface area contributed by atoms with Crippen LogP contribution in [0.3, 0.4) is 0 Å². The number of benzene rings is 2. The molecule has 29 heavy (non-hydrogen) atoms. The van der Waals surface area contributed by atoms with Crippen LogP contribution in [0.1, 0.15) is 21.7 Å². The molecule has 1 aliphatic heterocycles. The van der Waals surface area contributed by atoms with Crippen LogP contribution in [0.2, 0.25) is 0 Å². The van der Waals surface area contributed by atoms with Crippen molar-refractivity contribution in [3.63, 3.8) is 0 Å². The monoisotopic (exact) mass is 416 g/mol. The van der Waals surface area contributed by atoms with Gasteiger partial charge in [-0.25, -0.2) is 13.8 Å². The van der Waals surface area contributed by atoms with Gasteiger partial charge in [0.2, 0.25) is 5.78 Å². The average Bonchev–Trinajstić information content (AvgIpc) is 3.34. The highest BCUT2D eigenvalue weighted by atomic mass is 32.1. The van der Waals surface area contributed by atoms with Gasteiger partial charge >= 0.3 is 0 Å². The SMILES string of the molecule is Nc1nc(Nc2ccc(OC3CCNC3)cc2)sc1C(=O)c1ccc(F)c(F)c1. The van der Waals surface area contributed by atoms with Gasteiger partial charge in [-0.05, 0) is 55.4 Å². The molecule has 3 aromatic rings. The number of carbonyl (C=O) groups is 1. The first-order chi connectivity index (χ1) is 14.0. The van der Waals surface area contributed by atoms with E-state index in [0.717, 1.165) is 54.4 Å². The standard InChI is InChI=1S/C20H18F2N4O2S/c21-15-6-1-11(9-16(15)22)17(27)18-19(23)26-20(29-18)25-12-2-4-13(5-3-12)28-14-7-8-24-10-14/h1-6,9,14,24H,7-8,10,23H2,(H,25,26). The van der Waals surface area contributed by atoms with Crippen molar-refractivity contribution in [1.82, 2.24) is 10.3 Å². The number of thiazole rings is 1. The van der Waals surface area contributed by atoms with E-state index in [1.165, 1.54) is 6.07 Å². The number of nitrogen functional groups attached to an aromatic ring is 1. The Morgan fingerprint density at radius 1 is 1.21 bits per heavy atom. The molecular weight excluding hydrogens is 398 g/mol. The van der Waals surface area contributed by atoms with Gasteiger partial charge in [-0.3, -0.25) is 4.79 Å². The zero-order valence-corrected chi connectivity index (χ0v) is 16.1. The van der Waals surface area contributed by atoms with E-state index >= 15 is 0 Å². The summed E-state index contributed by atoms with van der Waals surface area (Å²) in [4.78, 5) is 16.9. The predicted octanol–water partition coefficient (Wildman–Crippen LogP) is 3.72. The van der Waals surface area contributed by atoms with Gasteiger partial charge in [-0.2, -0.15) is 0 Å². The first-order valence-electron chi connectivity index (χ1n) is 9.00. The van der Waals surface area contributed by atoms with Crippen LogP contribution in [0.5, 0.6) is 5.75 Å². The first kappa shape index (κ1) is 19.3. The highest BCUT2D eigenvalue weighted by Crippen LogP contribution is 2.30. The molecule has 0 spiro atoms. The van der Waals surface area contributed by atoms with Gasteiger partial charge in [0, 0.05) is 17.8 Å². The fourth-order valence-electron chi connectivity index (χ4n) is 2.98. The molecule has 0 radical (unpaired) electrons. The van der Waals surface area contributed by atoms with Crippen molar-refractivity contribution in [2.75, 3.05) is 24.1 Å². The number of ether oxygens (including phenoxy) is 1. The van der Waals surface area contributed by atoms with Crippen LogP contribution in [0.4, 0.5) is 25.4 Å². The fraction of sp³-hybridized carbons (Fsp3) is 0.200. The summed E-state index contributed by atoms with van der Waals surface area (Å²) in [5.74, 6) is -1.82. The number of aromatic nitrogens is 1. The number of carbonyl (C=O) groups excluding carboxylic acids is 1. The predicted molar refractivity (Wildman–Crippen MR) is 108 cm³/mol. The third-order valence-corrected chi connectivity index (χ3v) is 5.45. The number of nitrogens with zero attached hydrogens (tertiary/aromatic N) is 1. The molecule has 1 fully saturated rings. The minimum atomic E-state index is -1.09. The van der Waals surface area contributed by atoms with Crippen molar-refractivity contribution in [3.8, 4) is 5.75 Å². The molecule has 1 saturated heterocycles. The van der Waals surface area contributed by atoms with Crippen LogP contribution in [0.15, 0.2) is 42.5 Å². The maximum absolute atomic E-state index is 13.4. The number of nitrogens with two attached hydrogens (primary N) is 1. The van der Waals surface area contributed by atoms with Crippen molar-refractivity contribution >= 4 is 33.8 Å². The summed E-state index contributed by atoms with van der Waals surface area (Å²) in [6.45, 7) is 1.80. The molecule has 150 valence electrons. The second-order valence-corrected chi connectivity index (χ2v) is 7.57. The Morgan fingerprint density at radius 2 is 2.00 bits per heavy atom. The summed E-state index contributed by atoms with van der Waals surface area (Å²) in [6, 6.07) is 10.4. The molecule has 4 rings (SSSR count). The van der Waals surface area contributed by atoms with E-state index in [1.807, 2.05) is 24.3 Å². The molecule has 0 aliphatic carbocycles. The smallest absolute Gasteiger partial charge is 0.206 e. The van der Waals surface area contributed by atoms with Crippen molar-refractivity contribution in [2.45, 2.75) is 12.5 Å². The lowest BCUT2D eigenvalue weighted by atomic mass is 10.1. The molecule has 0 bridgehead atoms. The Bertz CT molecular complexity index is 1030. The fourth-order valence-corrected chi connectivity index (χ4v) is 3.85. The van der Waals surface area contributed by atoms with Gasteiger partial charge in [-0.15, -0.1) is 0 Å². The van der Waals surface area contributed by atoms with E-state index in [1.54, 1.807) is 0 Å². The van der Waals surface area contributed by atoms with Crippen LogP contribution in [-0.2, 0) is 0 Å². The zero-order valence-electron chi connectivity index (χ0n) is 15.2. The second kappa shape index (κ2) is 8.14. The molecule has 1 atom stereocenters. The van der Waals surface area contributed by atoms with E-state index in [9.17, 15) is 13.6 Å². The number of nitrogens with one attached hydrogen (secondary N) is 2. The summed E-state index contributed by atoms with van der Waals surface area (Å²) in [7, 11) is 0. The van der Waals surface area contributed by atoms with Crippen molar-refractivity contribution in [1.29, 1.82) is 0 Å². The molecule has 4 N–H and O–H groups in total. The van der Waals surface area contributed by atoms with E-state index in [2.05, 4.69) is 15.6 Å². The van der Waals surface area contributed by atoms with Gasteiger partial charge in [-0.1, -0.05) is 11.3 Å². The van der Waals surface area contributed by atoms with Crippen LogP contribution in [0, 0.1) is 11.6 Å². The van der Waals surface area contributed by atoms with Gasteiger partial charge in [0.05, 0.1) is 0 Å². The topological polar surface area (TPSA) is 89.3 Å². The average molecular weight is 416 g/mol. The van der Waals surface area contributed by atoms with Crippen LogP contribution < -0.4 is 21.1 Å². The second-order valence-electron chi connectivity index (χ2n) is 6.57. The molecule has 2 aromatic carbocycles. The third-order valence-electron chi connectivity index (χ3n) is 4.46. The summed E-state index contributed by atoms with van der Waals surface area (Å²) in [5.41, 5.74) is 6.62. The highest BCUT2D eigenvalue weighted by molar-refractivity contribution is 7.18. The van der Waals surface area contributed by atoms with Crippen molar-refractivity contribution < 1.29 is 18.3 Å². The van der Waals surface area contributed by atoms with E-state index in [4.69, 9.17) is 10.5 Å². The first-order valence-corrected chi connectivity index (χ1v) is 9.82.